The van der Waals surface area contributed by atoms with E-state index in [1.165, 1.54) is 0 Å². The van der Waals surface area contributed by atoms with Crippen molar-refractivity contribution in [2.24, 2.45) is 5.73 Å². The maximum absolute atomic E-state index is 10.6. The van der Waals surface area contributed by atoms with E-state index in [0.717, 1.165) is 0 Å². The van der Waals surface area contributed by atoms with E-state index in [0.29, 0.717) is 16.1 Å². The first-order valence-corrected chi connectivity index (χ1v) is 4.76. The third-order valence-corrected chi connectivity index (χ3v) is 2.52. The van der Waals surface area contributed by atoms with Crippen LogP contribution in [0.1, 0.15) is 11.1 Å². The van der Waals surface area contributed by atoms with Gasteiger partial charge in [0, 0.05) is 17.0 Å². The number of nitrogens with two attached hydrogens (primary N) is 1. The lowest BCUT2D eigenvalue weighted by Gasteiger charge is -2.11. The van der Waals surface area contributed by atoms with Crippen molar-refractivity contribution in [1.82, 2.24) is 0 Å². The number of carboxylic acids is 1. The number of hydrogen-bond donors (Lipinski definition) is 3. The van der Waals surface area contributed by atoms with Crippen molar-refractivity contribution in [2.45, 2.75) is 19.4 Å². The van der Waals surface area contributed by atoms with Crippen LogP contribution in [-0.4, -0.2) is 22.2 Å². The molecule has 1 aromatic rings. The third kappa shape index (κ3) is 2.61. The van der Waals surface area contributed by atoms with Gasteiger partial charge in [-0.25, -0.2) is 0 Å². The molecule has 1 unspecified atom stereocenters. The van der Waals surface area contributed by atoms with Crippen molar-refractivity contribution in [3.8, 4) is 5.75 Å². The summed E-state index contributed by atoms with van der Waals surface area (Å²) < 4.78 is 0. The summed E-state index contributed by atoms with van der Waals surface area (Å²) >= 11 is 5.84. The van der Waals surface area contributed by atoms with Crippen LogP contribution in [0.25, 0.3) is 0 Å². The fourth-order valence-electron chi connectivity index (χ4n) is 1.23. The maximum Gasteiger partial charge on any atom is 0.320 e. The Morgan fingerprint density at radius 2 is 2.20 bits per heavy atom. The number of carboxylic acid groups (broad SMARTS) is 1. The van der Waals surface area contributed by atoms with Crippen LogP contribution in [0.3, 0.4) is 0 Å². The summed E-state index contributed by atoms with van der Waals surface area (Å²) in [7, 11) is 0. The molecular formula is C10H12ClNO3. The number of phenolic OH excluding ortho intramolecular Hbond substituents is 1. The highest BCUT2D eigenvalue weighted by atomic mass is 35.5. The van der Waals surface area contributed by atoms with Gasteiger partial charge in [-0.1, -0.05) is 17.7 Å². The molecule has 4 N–H and O–H groups in total. The number of rotatable bonds is 3. The molecule has 1 rings (SSSR count). The molecule has 0 saturated carbocycles. The molecule has 0 saturated heterocycles. The molecule has 1 atom stereocenters. The first-order valence-electron chi connectivity index (χ1n) is 4.38. The van der Waals surface area contributed by atoms with E-state index in [-0.39, 0.29) is 12.2 Å². The van der Waals surface area contributed by atoms with Crippen LogP contribution in [0.2, 0.25) is 5.02 Å². The summed E-state index contributed by atoms with van der Waals surface area (Å²) in [5.74, 6) is -1.11. The minimum atomic E-state index is -1.12. The zero-order valence-corrected chi connectivity index (χ0v) is 8.95. The smallest absolute Gasteiger partial charge is 0.320 e. The van der Waals surface area contributed by atoms with E-state index < -0.39 is 12.0 Å². The Morgan fingerprint density at radius 3 is 2.73 bits per heavy atom. The number of halogens is 1. The largest absolute Gasteiger partial charge is 0.507 e. The normalized spacial score (nSPS) is 12.5. The first-order chi connectivity index (χ1) is 6.93. The second kappa shape index (κ2) is 4.51. The van der Waals surface area contributed by atoms with Gasteiger partial charge in [-0.2, -0.15) is 0 Å². The lowest BCUT2D eigenvalue weighted by Crippen LogP contribution is -2.32. The fraction of sp³-hybridized carbons (Fsp3) is 0.300. The van der Waals surface area contributed by atoms with E-state index >= 15 is 0 Å². The topological polar surface area (TPSA) is 83.6 Å². The SMILES string of the molecule is Cc1ccc(Cl)c(CC(N)C(=O)O)c1O. The second-order valence-electron chi connectivity index (χ2n) is 3.34. The number of carbonyl (C=O) groups is 1. The average Bonchev–Trinajstić information content (AvgIpc) is 2.18. The first kappa shape index (κ1) is 11.8. The van der Waals surface area contributed by atoms with Gasteiger partial charge < -0.3 is 15.9 Å². The van der Waals surface area contributed by atoms with Gasteiger partial charge in [-0.15, -0.1) is 0 Å². The van der Waals surface area contributed by atoms with E-state index in [9.17, 15) is 9.90 Å². The summed E-state index contributed by atoms with van der Waals surface area (Å²) in [6.07, 6.45) is 0.0156. The Hall–Kier alpha value is -1.26. The lowest BCUT2D eigenvalue weighted by molar-refractivity contribution is -0.138. The number of hydrogen-bond acceptors (Lipinski definition) is 3. The van der Waals surface area contributed by atoms with Crippen molar-refractivity contribution in [2.75, 3.05) is 0 Å². The average molecular weight is 230 g/mol. The van der Waals surface area contributed by atoms with E-state index in [1.807, 2.05) is 0 Å². The van der Waals surface area contributed by atoms with Gasteiger partial charge in [0.2, 0.25) is 0 Å². The molecule has 15 heavy (non-hydrogen) atoms. The molecule has 0 radical (unpaired) electrons. The molecule has 0 aliphatic rings. The minimum absolute atomic E-state index is 0.0131. The van der Waals surface area contributed by atoms with E-state index in [1.54, 1.807) is 19.1 Å². The summed E-state index contributed by atoms with van der Waals surface area (Å²) in [6.45, 7) is 1.71. The van der Waals surface area contributed by atoms with Gasteiger partial charge in [-0.3, -0.25) is 4.79 Å². The molecule has 0 amide bonds. The quantitative estimate of drug-likeness (QED) is 0.730. The number of benzene rings is 1. The molecular weight excluding hydrogens is 218 g/mol. The van der Waals surface area contributed by atoms with Crippen LogP contribution in [0.5, 0.6) is 5.75 Å². The molecule has 82 valence electrons. The number of aliphatic carboxylic acids is 1. The highest BCUT2D eigenvalue weighted by Crippen LogP contribution is 2.29. The highest BCUT2D eigenvalue weighted by molar-refractivity contribution is 6.31. The fourth-order valence-corrected chi connectivity index (χ4v) is 1.46. The van der Waals surface area contributed by atoms with Gasteiger partial charge in [-0.05, 0) is 18.6 Å². The maximum atomic E-state index is 10.6. The molecule has 0 heterocycles. The zero-order chi connectivity index (χ0) is 11.6. The summed E-state index contributed by atoms with van der Waals surface area (Å²) in [4.78, 5) is 10.6. The van der Waals surface area contributed by atoms with Crippen LogP contribution < -0.4 is 5.73 Å². The summed E-state index contributed by atoms with van der Waals surface area (Å²) in [6, 6.07) is 2.21. The molecule has 1 aromatic carbocycles. The van der Waals surface area contributed by atoms with Crippen molar-refractivity contribution >= 4 is 17.6 Å². The Labute approximate surface area is 92.3 Å². The molecule has 0 aromatic heterocycles. The van der Waals surface area contributed by atoms with Gasteiger partial charge in [0.1, 0.15) is 11.8 Å². The molecule has 0 fully saturated rings. The van der Waals surface area contributed by atoms with Crippen LogP contribution in [0, 0.1) is 6.92 Å². The Kier molecular flexibility index (Phi) is 3.55. The molecule has 0 aliphatic heterocycles. The third-order valence-electron chi connectivity index (χ3n) is 2.17. The molecule has 0 spiro atoms. The molecule has 0 aliphatic carbocycles. The van der Waals surface area contributed by atoms with E-state index in [4.69, 9.17) is 22.4 Å². The van der Waals surface area contributed by atoms with Gasteiger partial charge >= 0.3 is 5.97 Å². The minimum Gasteiger partial charge on any atom is -0.507 e. The Bertz CT molecular complexity index is 392. The predicted molar refractivity (Wildman–Crippen MR) is 57.2 cm³/mol. The molecule has 5 heteroatoms. The Balaban J connectivity index is 3.03. The number of phenols is 1. The lowest BCUT2D eigenvalue weighted by atomic mass is 10.0. The van der Waals surface area contributed by atoms with Crippen molar-refractivity contribution in [1.29, 1.82) is 0 Å². The second-order valence-corrected chi connectivity index (χ2v) is 3.75. The van der Waals surface area contributed by atoms with Crippen LogP contribution in [0.4, 0.5) is 0 Å². The van der Waals surface area contributed by atoms with Crippen LogP contribution >= 0.6 is 11.6 Å². The predicted octanol–water partition coefficient (Wildman–Crippen LogP) is 1.31. The number of aryl methyl sites for hydroxylation is 1. The zero-order valence-electron chi connectivity index (χ0n) is 8.20. The summed E-state index contributed by atoms with van der Waals surface area (Å²) in [5.41, 5.74) is 6.39. The van der Waals surface area contributed by atoms with Gasteiger partial charge in [0.05, 0.1) is 0 Å². The molecule has 0 bridgehead atoms. The molecule has 4 nitrogen and oxygen atoms in total. The van der Waals surface area contributed by atoms with Crippen molar-refractivity contribution in [3.05, 3.63) is 28.3 Å². The van der Waals surface area contributed by atoms with Gasteiger partial charge in [0.25, 0.3) is 0 Å². The van der Waals surface area contributed by atoms with Gasteiger partial charge in [0.15, 0.2) is 0 Å². The van der Waals surface area contributed by atoms with Crippen LogP contribution in [-0.2, 0) is 11.2 Å². The van der Waals surface area contributed by atoms with Crippen LogP contribution in [0.15, 0.2) is 12.1 Å². The van der Waals surface area contributed by atoms with E-state index in [2.05, 4.69) is 0 Å². The monoisotopic (exact) mass is 229 g/mol. The van der Waals surface area contributed by atoms with Crippen molar-refractivity contribution < 1.29 is 15.0 Å². The number of aromatic hydroxyl groups is 1. The van der Waals surface area contributed by atoms with Crippen molar-refractivity contribution in [3.63, 3.8) is 0 Å². The highest BCUT2D eigenvalue weighted by Gasteiger charge is 2.17. The summed E-state index contributed by atoms with van der Waals surface area (Å²) in [5, 5.41) is 18.6. The standard InChI is InChI=1S/C10H12ClNO3/c1-5-2-3-7(11)6(9(5)13)4-8(12)10(14)15/h2-3,8,13H,4,12H2,1H3,(H,14,15). The Morgan fingerprint density at radius 1 is 1.60 bits per heavy atom.